The third-order valence-corrected chi connectivity index (χ3v) is 6.83. The molecule has 1 N–H and O–H groups in total. The Hall–Kier alpha value is -3.67. The molecule has 0 fully saturated rings. The van der Waals surface area contributed by atoms with Crippen LogP contribution in [0.15, 0.2) is 60.7 Å². The third-order valence-electron chi connectivity index (χ3n) is 6.83. The molecule has 36 heavy (non-hydrogen) atoms. The van der Waals surface area contributed by atoms with Gasteiger partial charge in [0.25, 0.3) is 5.91 Å². The van der Waals surface area contributed by atoms with Crippen LogP contribution in [-0.2, 0) is 16.1 Å². The van der Waals surface area contributed by atoms with E-state index in [1.807, 2.05) is 81.4 Å². The highest BCUT2D eigenvalue weighted by Gasteiger charge is 2.31. The molecule has 188 valence electrons. The molecule has 0 saturated heterocycles. The van der Waals surface area contributed by atoms with Crippen molar-refractivity contribution in [2.75, 3.05) is 18.0 Å². The van der Waals surface area contributed by atoms with Crippen LogP contribution in [0.4, 0.5) is 5.69 Å². The fourth-order valence-electron chi connectivity index (χ4n) is 4.91. The van der Waals surface area contributed by atoms with E-state index < -0.39 is 6.04 Å². The highest BCUT2D eigenvalue weighted by molar-refractivity contribution is 6.25. The van der Waals surface area contributed by atoms with Crippen molar-refractivity contribution in [3.8, 4) is 0 Å². The highest BCUT2D eigenvalue weighted by atomic mass is 16.2. The molecule has 3 aromatic rings. The van der Waals surface area contributed by atoms with Gasteiger partial charge in [0, 0.05) is 37.0 Å². The lowest BCUT2D eigenvalue weighted by molar-refractivity contribution is -0.141. The minimum absolute atomic E-state index is 0.0175. The molecular formula is C30H35N3O3. The first kappa shape index (κ1) is 25.4. The van der Waals surface area contributed by atoms with Crippen LogP contribution in [0.2, 0.25) is 0 Å². The number of carbonyl (C=O) groups is 3. The second kappa shape index (κ2) is 11.4. The van der Waals surface area contributed by atoms with Gasteiger partial charge in [-0.3, -0.25) is 14.4 Å². The molecule has 0 radical (unpaired) electrons. The van der Waals surface area contributed by atoms with Crippen LogP contribution in [-0.4, -0.2) is 41.8 Å². The quantitative estimate of drug-likeness (QED) is 0.405. The molecule has 1 atom stereocenters. The summed E-state index contributed by atoms with van der Waals surface area (Å²) in [6.07, 6.45) is 2.16. The Balaban J connectivity index is 1.47. The molecule has 0 spiro atoms. The summed E-state index contributed by atoms with van der Waals surface area (Å²) in [6.45, 7) is 7.39. The molecule has 0 aromatic heterocycles. The van der Waals surface area contributed by atoms with Crippen molar-refractivity contribution in [3.63, 3.8) is 0 Å². The lowest BCUT2D eigenvalue weighted by Crippen LogP contribution is -2.49. The molecule has 0 unspecified atom stereocenters. The molecule has 3 amide bonds. The Morgan fingerprint density at radius 2 is 1.72 bits per heavy atom. The number of benzene rings is 3. The Morgan fingerprint density at radius 3 is 2.42 bits per heavy atom. The normalized spacial score (nSPS) is 13.2. The van der Waals surface area contributed by atoms with Crippen LogP contribution in [0.25, 0.3) is 10.8 Å². The number of hydrogen-bond donors (Lipinski definition) is 1. The summed E-state index contributed by atoms with van der Waals surface area (Å²) < 4.78 is 0. The molecular weight excluding hydrogens is 450 g/mol. The van der Waals surface area contributed by atoms with Gasteiger partial charge in [0.2, 0.25) is 11.8 Å². The van der Waals surface area contributed by atoms with Crippen molar-refractivity contribution in [1.82, 2.24) is 10.2 Å². The van der Waals surface area contributed by atoms with Gasteiger partial charge in [-0.2, -0.15) is 0 Å². The van der Waals surface area contributed by atoms with Crippen molar-refractivity contribution >= 4 is 34.2 Å². The highest BCUT2D eigenvalue weighted by Crippen LogP contribution is 2.37. The Labute approximate surface area is 213 Å². The smallest absolute Gasteiger partial charge is 0.258 e. The Morgan fingerprint density at radius 1 is 1.00 bits per heavy atom. The molecule has 0 saturated carbocycles. The summed E-state index contributed by atoms with van der Waals surface area (Å²) in [4.78, 5) is 43.0. The van der Waals surface area contributed by atoms with Gasteiger partial charge in [-0.1, -0.05) is 67.9 Å². The second-order valence-electron chi connectivity index (χ2n) is 9.46. The first-order valence-electron chi connectivity index (χ1n) is 12.9. The van der Waals surface area contributed by atoms with Gasteiger partial charge >= 0.3 is 0 Å². The molecule has 1 heterocycles. The first-order chi connectivity index (χ1) is 17.4. The monoisotopic (exact) mass is 485 g/mol. The number of nitrogens with one attached hydrogen (secondary N) is 1. The van der Waals surface area contributed by atoms with E-state index in [9.17, 15) is 14.4 Å². The van der Waals surface area contributed by atoms with Crippen molar-refractivity contribution in [3.05, 3.63) is 77.4 Å². The van der Waals surface area contributed by atoms with Gasteiger partial charge in [-0.25, -0.2) is 0 Å². The summed E-state index contributed by atoms with van der Waals surface area (Å²) >= 11 is 0. The zero-order valence-electron chi connectivity index (χ0n) is 21.4. The van der Waals surface area contributed by atoms with Gasteiger partial charge in [0.05, 0.1) is 5.69 Å². The lowest BCUT2D eigenvalue weighted by Gasteiger charge is -2.31. The Bertz CT molecular complexity index is 1250. The second-order valence-corrected chi connectivity index (χ2v) is 9.46. The predicted molar refractivity (Wildman–Crippen MR) is 144 cm³/mol. The van der Waals surface area contributed by atoms with E-state index in [0.717, 1.165) is 34.0 Å². The van der Waals surface area contributed by atoms with E-state index in [0.29, 0.717) is 38.0 Å². The maximum Gasteiger partial charge on any atom is 0.258 e. The molecule has 4 rings (SSSR count). The van der Waals surface area contributed by atoms with E-state index in [4.69, 9.17) is 0 Å². The topological polar surface area (TPSA) is 69.7 Å². The van der Waals surface area contributed by atoms with Crippen molar-refractivity contribution in [1.29, 1.82) is 0 Å². The zero-order chi connectivity index (χ0) is 25.7. The van der Waals surface area contributed by atoms with Crippen molar-refractivity contribution in [2.24, 2.45) is 0 Å². The van der Waals surface area contributed by atoms with Crippen LogP contribution < -0.4 is 10.2 Å². The Kier molecular flexibility index (Phi) is 8.04. The van der Waals surface area contributed by atoms with Crippen LogP contribution in [0.3, 0.4) is 0 Å². The number of anilines is 1. The minimum atomic E-state index is -0.531. The number of hydrogen-bond acceptors (Lipinski definition) is 3. The average Bonchev–Trinajstić information content (AvgIpc) is 3.16. The van der Waals surface area contributed by atoms with Crippen molar-refractivity contribution < 1.29 is 14.4 Å². The van der Waals surface area contributed by atoms with E-state index in [1.54, 1.807) is 9.80 Å². The summed E-state index contributed by atoms with van der Waals surface area (Å²) in [5.74, 6) is -0.204. The molecule has 0 aliphatic carbocycles. The third kappa shape index (κ3) is 5.27. The van der Waals surface area contributed by atoms with Crippen molar-refractivity contribution in [2.45, 2.75) is 59.0 Å². The zero-order valence-corrected chi connectivity index (χ0v) is 21.4. The van der Waals surface area contributed by atoms with E-state index >= 15 is 0 Å². The van der Waals surface area contributed by atoms with Gasteiger partial charge in [0.1, 0.15) is 6.04 Å². The standard InChI is InChI=1S/C30H35N3O3/c1-4-18-31-29(35)25(5-2)33(20-22-16-14-21(3)15-17-22)27(34)13-8-19-32-26-12-7-10-23-9-6-11-24(28(23)26)30(32)36/h6-7,9-12,14-17,25H,4-5,8,13,18-20H2,1-3H3,(H,31,35)/t25-/m0/s1. The maximum atomic E-state index is 13.5. The number of rotatable bonds is 11. The molecule has 3 aromatic carbocycles. The fourth-order valence-corrected chi connectivity index (χ4v) is 4.91. The molecule has 0 bridgehead atoms. The number of aryl methyl sites for hydroxylation is 1. The minimum Gasteiger partial charge on any atom is -0.354 e. The number of nitrogens with zero attached hydrogens (tertiary/aromatic N) is 2. The van der Waals surface area contributed by atoms with E-state index in [2.05, 4.69) is 5.32 Å². The molecule has 6 nitrogen and oxygen atoms in total. The summed E-state index contributed by atoms with van der Waals surface area (Å²) in [6, 6.07) is 19.3. The van der Waals surface area contributed by atoms with E-state index in [-0.39, 0.29) is 24.1 Å². The number of amides is 3. The summed E-state index contributed by atoms with van der Waals surface area (Å²) in [7, 11) is 0. The summed E-state index contributed by atoms with van der Waals surface area (Å²) in [5, 5.41) is 4.98. The molecule has 6 heteroatoms. The van der Waals surface area contributed by atoms with Crippen LogP contribution in [0.1, 0.15) is 61.0 Å². The average molecular weight is 486 g/mol. The largest absolute Gasteiger partial charge is 0.354 e. The number of carbonyl (C=O) groups excluding carboxylic acids is 3. The van der Waals surface area contributed by atoms with Crippen LogP contribution in [0, 0.1) is 6.92 Å². The summed E-state index contributed by atoms with van der Waals surface area (Å²) in [5.41, 5.74) is 3.76. The van der Waals surface area contributed by atoms with Gasteiger partial charge < -0.3 is 15.1 Å². The van der Waals surface area contributed by atoms with Crippen LogP contribution >= 0.6 is 0 Å². The lowest BCUT2D eigenvalue weighted by atomic mass is 10.1. The van der Waals surface area contributed by atoms with Gasteiger partial charge in [-0.15, -0.1) is 0 Å². The predicted octanol–water partition coefficient (Wildman–Crippen LogP) is 5.22. The fraction of sp³-hybridized carbons (Fsp3) is 0.367. The molecule has 1 aliphatic heterocycles. The SMILES string of the molecule is CCCNC(=O)[C@H](CC)N(Cc1ccc(C)cc1)C(=O)CCCN1C(=O)c2cccc3cccc1c23. The van der Waals surface area contributed by atoms with Gasteiger partial charge in [0.15, 0.2) is 0 Å². The molecule has 1 aliphatic rings. The van der Waals surface area contributed by atoms with Gasteiger partial charge in [-0.05, 0) is 49.3 Å². The maximum absolute atomic E-state index is 13.5. The van der Waals surface area contributed by atoms with Crippen LogP contribution in [0.5, 0.6) is 0 Å². The van der Waals surface area contributed by atoms with E-state index in [1.165, 1.54) is 0 Å². The first-order valence-corrected chi connectivity index (χ1v) is 12.9.